The number of carbonyl (C=O) groups excluding carboxylic acids is 1. The normalized spacial score (nSPS) is 21.3. The second-order valence-electron chi connectivity index (χ2n) is 8.50. The van der Waals surface area contributed by atoms with E-state index >= 15 is 0 Å². The predicted molar refractivity (Wildman–Crippen MR) is 118 cm³/mol. The monoisotopic (exact) mass is 408 g/mol. The molecule has 2 aromatic carbocycles. The lowest BCUT2D eigenvalue weighted by Gasteiger charge is -2.45. The average Bonchev–Trinajstić information content (AvgIpc) is 3.06. The van der Waals surface area contributed by atoms with E-state index in [1.54, 1.807) is 14.2 Å². The van der Waals surface area contributed by atoms with E-state index in [0.717, 1.165) is 50.2 Å². The Morgan fingerprint density at radius 3 is 2.33 bits per heavy atom. The minimum absolute atomic E-state index is 0.0313. The molecule has 5 nitrogen and oxygen atoms in total. The third-order valence-corrected chi connectivity index (χ3v) is 6.79. The number of ether oxygens (including phenoxy) is 2. The predicted octanol–water partition coefficient (Wildman–Crippen LogP) is 3.69. The summed E-state index contributed by atoms with van der Waals surface area (Å²) < 4.78 is 10.6. The summed E-state index contributed by atoms with van der Waals surface area (Å²) in [6.45, 7) is 4.21. The van der Waals surface area contributed by atoms with Crippen LogP contribution < -0.4 is 4.74 Å². The summed E-state index contributed by atoms with van der Waals surface area (Å²) in [5.74, 6) is 1.12. The van der Waals surface area contributed by atoms with Crippen LogP contribution in [0.1, 0.15) is 36.3 Å². The molecule has 0 bridgehead atoms. The zero-order valence-corrected chi connectivity index (χ0v) is 18.0. The molecule has 30 heavy (non-hydrogen) atoms. The minimum Gasteiger partial charge on any atom is -0.497 e. The molecule has 1 spiro atoms. The fourth-order valence-corrected chi connectivity index (χ4v) is 5.07. The molecule has 0 saturated carbocycles. The molecule has 2 aliphatic rings. The summed E-state index contributed by atoms with van der Waals surface area (Å²) in [6, 6.07) is 18.6. The van der Waals surface area contributed by atoms with Crippen LogP contribution in [0.4, 0.5) is 0 Å². The molecule has 2 aliphatic heterocycles. The number of likely N-dealkylation sites (tertiary alicyclic amines) is 2. The molecule has 2 saturated heterocycles. The van der Waals surface area contributed by atoms with E-state index in [9.17, 15) is 4.79 Å². The maximum atomic E-state index is 13.4. The van der Waals surface area contributed by atoms with Gasteiger partial charge in [0, 0.05) is 38.8 Å². The Morgan fingerprint density at radius 2 is 1.70 bits per heavy atom. The fraction of sp³-hybridized carbons (Fsp3) is 0.480. The highest BCUT2D eigenvalue weighted by Crippen LogP contribution is 2.45. The Morgan fingerprint density at radius 1 is 1.00 bits per heavy atom. The van der Waals surface area contributed by atoms with E-state index in [4.69, 9.17) is 9.47 Å². The van der Waals surface area contributed by atoms with Gasteiger partial charge in [-0.05, 0) is 42.5 Å². The van der Waals surface area contributed by atoms with Gasteiger partial charge in [0.2, 0.25) is 5.91 Å². The first-order chi connectivity index (χ1) is 14.6. The molecular formula is C25H32N2O3. The SMILES string of the molecule is COCCN1C(=O)C(c2ccccc2)CC12CCN(Cc1ccc(OC)cc1)CC2. The molecule has 1 atom stereocenters. The van der Waals surface area contributed by atoms with Crippen LogP contribution in [-0.4, -0.2) is 61.7 Å². The number of piperidine rings is 1. The Labute approximate surface area is 179 Å². The lowest BCUT2D eigenvalue weighted by Crippen LogP contribution is -2.53. The highest BCUT2D eigenvalue weighted by molar-refractivity contribution is 5.87. The van der Waals surface area contributed by atoms with Gasteiger partial charge >= 0.3 is 0 Å². The van der Waals surface area contributed by atoms with Gasteiger partial charge in [0.1, 0.15) is 5.75 Å². The molecule has 160 valence electrons. The first-order valence-electron chi connectivity index (χ1n) is 10.9. The van der Waals surface area contributed by atoms with Gasteiger partial charge in [0.25, 0.3) is 0 Å². The molecule has 0 radical (unpaired) electrons. The van der Waals surface area contributed by atoms with Gasteiger partial charge in [-0.15, -0.1) is 0 Å². The summed E-state index contributed by atoms with van der Waals surface area (Å²) in [5.41, 5.74) is 2.39. The minimum atomic E-state index is -0.0491. The smallest absolute Gasteiger partial charge is 0.230 e. The van der Waals surface area contributed by atoms with E-state index in [-0.39, 0.29) is 17.4 Å². The van der Waals surface area contributed by atoms with Crippen molar-refractivity contribution in [2.24, 2.45) is 0 Å². The second-order valence-corrected chi connectivity index (χ2v) is 8.50. The van der Waals surface area contributed by atoms with Gasteiger partial charge in [0.05, 0.1) is 19.6 Å². The van der Waals surface area contributed by atoms with Gasteiger partial charge in [-0.2, -0.15) is 0 Å². The first kappa shape index (κ1) is 20.9. The van der Waals surface area contributed by atoms with Crippen molar-refractivity contribution in [3.63, 3.8) is 0 Å². The fourth-order valence-electron chi connectivity index (χ4n) is 5.07. The molecule has 0 N–H and O–H groups in total. The number of hydrogen-bond acceptors (Lipinski definition) is 4. The van der Waals surface area contributed by atoms with Crippen LogP contribution in [0.25, 0.3) is 0 Å². The topological polar surface area (TPSA) is 42.0 Å². The number of methoxy groups -OCH3 is 2. The van der Waals surface area contributed by atoms with Crippen molar-refractivity contribution in [3.05, 3.63) is 65.7 Å². The Bertz CT molecular complexity index is 829. The molecule has 2 fully saturated rings. The third kappa shape index (κ3) is 4.23. The third-order valence-electron chi connectivity index (χ3n) is 6.79. The van der Waals surface area contributed by atoms with E-state index < -0.39 is 0 Å². The van der Waals surface area contributed by atoms with Crippen molar-refractivity contribution in [1.29, 1.82) is 0 Å². The van der Waals surface area contributed by atoms with Crippen molar-refractivity contribution in [2.75, 3.05) is 40.5 Å². The average molecular weight is 409 g/mol. The standard InChI is InChI=1S/C25H32N2O3/c1-29-17-16-27-24(28)23(21-6-4-3-5-7-21)18-25(27)12-14-26(15-13-25)19-20-8-10-22(30-2)11-9-20/h3-11,23H,12-19H2,1-2H3. The lowest BCUT2D eigenvalue weighted by molar-refractivity contribution is -0.134. The molecule has 4 rings (SSSR count). The summed E-state index contributed by atoms with van der Waals surface area (Å²) in [7, 11) is 3.40. The maximum absolute atomic E-state index is 13.4. The number of hydrogen-bond donors (Lipinski definition) is 0. The summed E-state index contributed by atoms with van der Waals surface area (Å²) in [5, 5.41) is 0. The quantitative estimate of drug-likeness (QED) is 0.701. The molecule has 1 unspecified atom stereocenters. The molecular weight excluding hydrogens is 376 g/mol. The van der Waals surface area contributed by atoms with Gasteiger partial charge in [-0.25, -0.2) is 0 Å². The molecule has 1 amide bonds. The molecule has 2 heterocycles. The van der Waals surface area contributed by atoms with Crippen molar-refractivity contribution in [2.45, 2.75) is 37.3 Å². The number of carbonyl (C=O) groups is 1. The number of amides is 1. The van der Waals surface area contributed by atoms with Crippen LogP contribution in [0.5, 0.6) is 5.75 Å². The zero-order chi connectivity index (χ0) is 21.0. The Kier molecular flexibility index (Phi) is 6.40. The highest BCUT2D eigenvalue weighted by Gasteiger charge is 2.51. The number of benzene rings is 2. The maximum Gasteiger partial charge on any atom is 0.230 e. The molecule has 0 aromatic heterocycles. The van der Waals surface area contributed by atoms with Crippen LogP contribution in [-0.2, 0) is 16.1 Å². The summed E-state index contributed by atoms with van der Waals surface area (Å²) in [4.78, 5) is 18.0. The van der Waals surface area contributed by atoms with Crippen molar-refractivity contribution in [1.82, 2.24) is 9.80 Å². The number of nitrogens with zero attached hydrogens (tertiary/aromatic N) is 2. The van der Waals surface area contributed by atoms with E-state index in [1.807, 2.05) is 30.3 Å². The molecule has 2 aromatic rings. The van der Waals surface area contributed by atoms with Crippen molar-refractivity contribution in [3.8, 4) is 5.75 Å². The van der Waals surface area contributed by atoms with E-state index in [1.165, 1.54) is 5.56 Å². The van der Waals surface area contributed by atoms with Gasteiger partial charge < -0.3 is 14.4 Å². The summed E-state index contributed by atoms with van der Waals surface area (Å²) in [6.07, 6.45) is 2.94. The largest absolute Gasteiger partial charge is 0.497 e. The van der Waals surface area contributed by atoms with Crippen molar-refractivity contribution >= 4 is 5.91 Å². The summed E-state index contributed by atoms with van der Waals surface area (Å²) >= 11 is 0. The van der Waals surface area contributed by atoms with Gasteiger partial charge in [-0.1, -0.05) is 42.5 Å². The Hall–Kier alpha value is -2.37. The van der Waals surface area contributed by atoms with Gasteiger partial charge in [0.15, 0.2) is 0 Å². The van der Waals surface area contributed by atoms with Crippen molar-refractivity contribution < 1.29 is 14.3 Å². The van der Waals surface area contributed by atoms with Crippen LogP contribution in [0, 0.1) is 0 Å². The van der Waals surface area contributed by atoms with Gasteiger partial charge in [-0.3, -0.25) is 9.69 Å². The van der Waals surface area contributed by atoms with E-state index in [2.05, 4.69) is 34.1 Å². The highest BCUT2D eigenvalue weighted by atomic mass is 16.5. The van der Waals surface area contributed by atoms with Crippen LogP contribution in [0.2, 0.25) is 0 Å². The van der Waals surface area contributed by atoms with Crippen LogP contribution >= 0.6 is 0 Å². The number of rotatable bonds is 7. The Balaban J connectivity index is 1.46. The molecule has 0 aliphatic carbocycles. The first-order valence-corrected chi connectivity index (χ1v) is 10.9. The second kappa shape index (κ2) is 9.19. The van der Waals surface area contributed by atoms with Crippen LogP contribution in [0.3, 0.4) is 0 Å². The van der Waals surface area contributed by atoms with Crippen LogP contribution in [0.15, 0.2) is 54.6 Å². The lowest BCUT2D eigenvalue weighted by atomic mass is 9.81. The van der Waals surface area contributed by atoms with E-state index in [0.29, 0.717) is 13.2 Å². The molecule has 5 heteroatoms. The zero-order valence-electron chi connectivity index (χ0n) is 18.0.